The molecule has 0 bridgehead atoms. The Morgan fingerprint density at radius 1 is 1.11 bits per heavy atom. The molecule has 0 aromatic rings. The van der Waals surface area contributed by atoms with Crippen molar-refractivity contribution in [2.24, 2.45) is 0 Å². The van der Waals surface area contributed by atoms with Gasteiger partial charge in [0.05, 0.1) is 0 Å². The summed E-state index contributed by atoms with van der Waals surface area (Å²) in [5, 5.41) is 0. The van der Waals surface area contributed by atoms with Crippen molar-refractivity contribution in [3.8, 4) is 0 Å². The van der Waals surface area contributed by atoms with Crippen molar-refractivity contribution < 1.29 is 58.6 Å². The van der Waals surface area contributed by atoms with Crippen LogP contribution in [0.2, 0.25) is 0 Å². The summed E-state index contributed by atoms with van der Waals surface area (Å²) in [4.78, 5) is 21.6. The minimum atomic E-state index is -4.64. The SMILES string of the molecule is O.O.O=P(O)(O)O.[Mn][Fe]. The van der Waals surface area contributed by atoms with Crippen LogP contribution in [0.5, 0.6) is 0 Å². The zero-order valence-electron chi connectivity index (χ0n) is 3.93. The van der Waals surface area contributed by atoms with Crippen LogP contribution in [-0.4, -0.2) is 25.6 Å². The third-order valence-electron chi connectivity index (χ3n) is 0. The fourth-order valence-corrected chi connectivity index (χ4v) is 0. The van der Waals surface area contributed by atoms with Gasteiger partial charge in [0.2, 0.25) is 0 Å². The Balaban J connectivity index is -0.0000000286. The number of rotatable bonds is 0. The average molecular weight is 245 g/mol. The fourth-order valence-electron chi connectivity index (χ4n) is 0. The first-order valence-corrected chi connectivity index (χ1v) is 4.62. The maximum absolute atomic E-state index is 8.88. The van der Waals surface area contributed by atoms with Crippen molar-refractivity contribution in [3.05, 3.63) is 0 Å². The molecule has 63 valence electrons. The number of hydrogen-bond donors (Lipinski definition) is 3. The Morgan fingerprint density at radius 2 is 1.11 bits per heavy atom. The summed E-state index contributed by atoms with van der Waals surface area (Å²) in [6.45, 7) is 0. The molecular formula is H7FeMnO6P. The molecule has 0 fully saturated rings. The van der Waals surface area contributed by atoms with Crippen molar-refractivity contribution in [3.63, 3.8) is 0 Å². The van der Waals surface area contributed by atoms with Gasteiger partial charge in [-0.1, -0.05) is 0 Å². The van der Waals surface area contributed by atoms with Crippen molar-refractivity contribution in [1.29, 1.82) is 0 Å². The van der Waals surface area contributed by atoms with Gasteiger partial charge in [0.25, 0.3) is 0 Å². The van der Waals surface area contributed by atoms with Crippen LogP contribution >= 0.6 is 7.82 Å². The Bertz CT molecular complexity index is 59.2. The van der Waals surface area contributed by atoms with Gasteiger partial charge in [0.1, 0.15) is 0 Å². The molecule has 0 aliphatic rings. The first-order chi connectivity index (χ1) is 3.00. The first kappa shape index (κ1) is 22.5. The van der Waals surface area contributed by atoms with E-state index in [2.05, 4.69) is 28.4 Å². The van der Waals surface area contributed by atoms with Gasteiger partial charge in [-0.25, -0.2) is 4.57 Å². The van der Waals surface area contributed by atoms with E-state index in [9.17, 15) is 0 Å². The quantitative estimate of drug-likeness (QED) is 0.318. The van der Waals surface area contributed by atoms with Crippen molar-refractivity contribution >= 4 is 7.82 Å². The zero-order valence-corrected chi connectivity index (χ0v) is 7.11. The normalized spacial score (nSPS) is 7.22. The molecule has 0 saturated carbocycles. The number of phosphoric acid groups is 1. The monoisotopic (exact) mass is 245 g/mol. The van der Waals surface area contributed by atoms with Gasteiger partial charge >= 0.3 is 36.2 Å². The van der Waals surface area contributed by atoms with Crippen LogP contribution < -0.4 is 0 Å². The Hall–Kier alpha value is 1.07. The molecule has 0 rings (SSSR count). The molecule has 0 unspecified atom stereocenters. The molecule has 0 amide bonds. The van der Waals surface area contributed by atoms with E-state index < -0.39 is 7.82 Å². The second kappa shape index (κ2) is 11.8. The maximum atomic E-state index is 8.88. The van der Waals surface area contributed by atoms with Gasteiger partial charge in [-0.3, -0.25) is 0 Å². The molecule has 0 spiro atoms. The molecule has 7 N–H and O–H groups in total. The summed E-state index contributed by atoms with van der Waals surface area (Å²) in [5.41, 5.74) is 0. The third kappa shape index (κ3) is 397. The predicted octanol–water partition coefficient (Wildman–Crippen LogP) is -2.58. The summed E-state index contributed by atoms with van der Waals surface area (Å²) < 4.78 is 8.88. The van der Waals surface area contributed by atoms with Crippen LogP contribution in [0.3, 0.4) is 0 Å². The summed E-state index contributed by atoms with van der Waals surface area (Å²) in [6.07, 6.45) is 0. The molecule has 6 nitrogen and oxygen atoms in total. The van der Waals surface area contributed by atoms with Crippen LogP contribution in [0.15, 0.2) is 0 Å². The van der Waals surface area contributed by atoms with E-state index in [0.29, 0.717) is 0 Å². The van der Waals surface area contributed by atoms with Crippen molar-refractivity contribution in [1.82, 2.24) is 0 Å². The molecule has 0 saturated heterocycles. The molecule has 9 heteroatoms. The Labute approximate surface area is 66.7 Å². The molecule has 0 atom stereocenters. The summed E-state index contributed by atoms with van der Waals surface area (Å²) in [7, 11) is -4.64. The van der Waals surface area contributed by atoms with E-state index in [0.717, 1.165) is 0 Å². The molecule has 0 heterocycles. The van der Waals surface area contributed by atoms with E-state index in [1.807, 2.05) is 0 Å². The van der Waals surface area contributed by atoms with Gasteiger partial charge < -0.3 is 25.6 Å². The summed E-state index contributed by atoms with van der Waals surface area (Å²) in [5.74, 6) is 0. The third-order valence-corrected chi connectivity index (χ3v) is 0. The van der Waals surface area contributed by atoms with E-state index in [4.69, 9.17) is 19.2 Å². The Kier molecular flexibility index (Phi) is 29.5. The molecule has 0 aliphatic heterocycles. The van der Waals surface area contributed by atoms with Gasteiger partial charge in [-0.2, -0.15) is 0 Å². The van der Waals surface area contributed by atoms with Crippen LogP contribution in [0.1, 0.15) is 0 Å². The van der Waals surface area contributed by atoms with Gasteiger partial charge in [-0.15, -0.1) is 0 Å². The van der Waals surface area contributed by atoms with Crippen molar-refractivity contribution in [2.45, 2.75) is 0 Å². The molecule has 0 aromatic heterocycles. The van der Waals surface area contributed by atoms with Crippen molar-refractivity contribution in [2.75, 3.05) is 0 Å². The topological polar surface area (TPSA) is 141 Å². The second-order valence-electron chi connectivity index (χ2n) is 0.513. The first-order valence-electron chi connectivity index (χ1n) is 0.916. The van der Waals surface area contributed by atoms with E-state index >= 15 is 0 Å². The molecule has 0 radical (unpaired) electrons. The van der Waals surface area contributed by atoms with E-state index in [1.165, 1.54) is 0 Å². The predicted molar refractivity (Wildman–Crippen MR) is 21.5 cm³/mol. The van der Waals surface area contributed by atoms with Gasteiger partial charge in [0, 0.05) is 0 Å². The second-order valence-corrected chi connectivity index (χ2v) is 1.54. The molecular weight excluding hydrogens is 238 g/mol. The molecule has 0 aliphatic carbocycles. The van der Waals surface area contributed by atoms with Crippen LogP contribution in [-0.2, 0) is 32.9 Å². The van der Waals surface area contributed by atoms with E-state index in [-0.39, 0.29) is 11.0 Å². The standard InChI is InChI=1S/Fe.Mn.H3O4P.2H2O/c;;1-5(2,3)4;;/h;;(H3,1,2,3,4);2*1H2. The average Bonchev–Trinajstić information content (AvgIpc) is 1.36. The summed E-state index contributed by atoms with van der Waals surface area (Å²) >= 11 is 5.75. The minimum absolute atomic E-state index is 0. The van der Waals surface area contributed by atoms with Gasteiger partial charge in [0.15, 0.2) is 0 Å². The number of hydrogen-bond acceptors (Lipinski definition) is 1. The molecule has 9 heavy (non-hydrogen) atoms. The molecule has 0 aromatic carbocycles. The fraction of sp³-hybridized carbons (Fsp3) is 0. The zero-order chi connectivity index (χ0) is 6.50. The van der Waals surface area contributed by atoms with Crippen LogP contribution in [0.4, 0.5) is 0 Å². The van der Waals surface area contributed by atoms with Crippen LogP contribution in [0, 0.1) is 0 Å². The van der Waals surface area contributed by atoms with Gasteiger partial charge in [-0.05, 0) is 0 Å². The Morgan fingerprint density at radius 3 is 1.11 bits per heavy atom. The summed E-state index contributed by atoms with van der Waals surface area (Å²) in [6, 6.07) is 0. The van der Waals surface area contributed by atoms with E-state index in [1.54, 1.807) is 0 Å². The van der Waals surface area contributed by atoms with Crippen LogP contribution in [0.25, 0.3) is 0 Å².